The maximum absolute atomic E-state index is 8.51. The Kier molecular flexibility index (Phi) is 5.32. The zero-order valence-corrected chi connectivity index (χ0v) is 7.59. The first-order valence-electron chi connectivity index (χ1n) is 4.85. The molecular formula is C9H19NO2. The fourth-order valence-corrected chi connectivity index (χ4v) is 1.44. The zero-order chi connectivity index (χ0) is 8.65. The fourth-order valence-electron chi connectivity index (χ4n) is 1.44. The number of aliphatic hydroxyl groups excluding tert-OH is 1. The fraction of sp³-hybridized carbons (Fsp3) is 1.00. The summed E-state index contributed by atoms with van der Waals surface area (Å²) < 4.78 is 5.45. The molecule has 0 saturated carbocycles. The van der Waals surface area contributed by atoms with Crippen molar-refractivity contribution in [2.45, 2.75) is 31.7 Å². The molecule has 3 nitrogen and oxygen atoms in total. The van der Waals surface area contributed by atoms with Gasteiger partial charge in [0.25, 0.3) is 0 Å². The molecule has 0 amide bonds. The van der Waals surface area contributed by atoms with Crippen LogP contribution in [0.5, 0.6) is 0 Å². The number of hydrogen-bond donors (Lipinski definition) is 2. The van der Waals surface area contributed by atoms with Gasteiger partial charge in [-0.05, 0) is 32.2 Å². The molecule has 0 radical (unpaired) electrons. The van der Waals surface area contributed by atoms with Gasteiger partial charge in [-0.15, -0.1) is 0 Å². The first-order chi connectivity index (χ1) is 5.93. The van der Waals surface area contributed by atoms with E-state index in [0.29, 0.717) is 6.04 Å². The molecule has 0 spiro atoms. The quantitative estimate of drug-likeness (QED) is 0.576. The normalized spacial score (nSPS) is 23.2. The summed E-state index contributed by atoms with van der Waals surface area (Å²) in [4.78, 5) is 0. The van der Waals surface area contributed by atoms with E-state index in [9.17, 15) is 0 Å². The Labute approximate surface area is 74.1 Å². The molecule has 1 aliphatic rings. The van der Waals surface area contributed by atoms with E-state index < -0.39 is 0 Å². The first-order valence-corrected chi connectivity index (χ1v) is 4.85. The third-order valence-electron chi connectivity index (χ3n) is 2.18. The van der Waals surface area contributed by atoms with Crippen LogP contribution in [-0.2, 0) is 4.74 Å². The summed E-state index contributed by atoms with van der Waals surface area (Å²) in [6.45, 7) is 3.06. The topological polar surface area (TPSA) is 41.5 Å². The van der Waals surface area contributed by atoms with Crippen molar-refractivity contribution in [1.29, 1.82) is 0 Å². The lowest BCUT2D eigenvalue weighted by Gasteiger charge is -2.09. The number of hydrogen-bond acceptors (Lipinski definition) is 3. The van der Waals surface area contributed by atoms with E-state index in [0.717, 1.165) is 32.6 Å². The minimum absolute atomic E-state index is 0.283. The highest BCUT2D eigenvalue weighted by Gasteiger charge is 2.12. The largest absolute Gasteiger partial charge is 0.396 e. The van der Waals surface area contributed by atoms with Gasteiger partial charge < -0.3 is 15.2 Å². The Morgan fingerprint density at radius 3 is 3.00 bits per heavy atom. The van der Waals surface area contributed by atoms with Crippen molar-refractivity contribution in [3.05, 3.63) is 0 Å². The molecule has 1 atom stereocenters. The van der Waals surface area contributed by atoms with E-state index in [4.69, 9.17) is 9.84 Å². The Balaban J connectivity index is 1.81. The Morgan fingerprint density at radius 2 is 2.33 bits per heavy atom. The highest BCUT2D eigenvalue weighted by atomic mass is 16.5. The molecule has 1 fully saturated rings. The summed E-state index contributed by atoms with van der Waals surface area (Å²) in [5, 5.41) is 11.9. The van der Waals surface area contributed by atoms with E-state index in [2.05, 4.69) is 5.32 Å². The minimum atomic E-state index is 0.283. The molecule has 0 aromatic heterocycles. The number of rotatable bonds is 6. The van der Waals surface area contributed by atoms with Gasteiger partial charge in [0.05, 0.1) is 6.61 Å². The predicted molar refractivity (Wildman–Crippen MR) is 48.2 cm³/mol. The second kappa shape index (κ2) is 6.40. The van der Waals surface area contributed by atoms with Crippen LogP contribution in [0.3, 0.4) is 0 Å². The standard InChI is InChI=1S/C9H19NO2/c11-6-1-2-7-12-8-9-4-3-5-10-9/h9-11H,1-8H2. The second-order valence-corrected chi connectivity index (χ2v) is 3.30. The average Bonchev–Trinajstić information content (AvgIpc) is 2.57. The lowest BCUT2D eigenvalue weighted by Crippen LogP contribution is -2.26. The maximum Gasteiger partial charge on any atom is 0.0619 e. The van der Waals surface area contributed by atoms with Gasteiger partial charge in [0.2, 0.25) is 0 Å². The Bertz CT molecular complexity index is 103. The summed E-state index contributed by atoms with van der Waals surface area (Å²) in [7, 11) is 0. The van der Waals surface area contributed by atoms with Crippen LogP contribution in [0.1, 0.15) is 25.7 Å². The van der Waals surface area contributed by atoms with Crippen molar-refractivity contribution in [3.63, 3.8) is 0 Å². The second-order valence-electron chi connectivity index (χ2n) is 3.30. The van der Waals surface area contributed by atoms with Crippen molar-refractivity contribution in [3.8, 4) is 0 Å². The molecule has 3 heteroatoms. The summed E-state index contributed by atoms with van der Waals surface area (Å²) in [6.07, 6.45) is 4.37. The molecular weight excluding hydrogens is 154 g/mol. The van der Waals surface area contributed by atoms with Crippen LogP contribution in [-0.4, -0.2) is 37.5 Å². The van der Waals surface area contributed by atoms with E-state index >= 15 is 0 Å². The van der Waals surface area contributed by atoms with Gasteiger partial charge in [0.15, 0.2) is 0 Å². The smallest absolute Gasteiger partial charge is 0.0619 e. The van der Waals surface area contributed by atoms with Crippen LogP contribution >= 0.6 is 0 Å². The van der Waals surface area contributed by atoms with E-state index in [-0.39, 0.29) is 6.61 Å². The summed E-state index contributed by atoms with van der Waals surface area (Å²) in [6, 6.07) is 0.583. The third kappa shape index (κ3) is 4.04. The van der Waals surface area contributed by atoms with Gasteiger partial charge in [-0.2, -0.15) is 0 Å². The summed E-state index contributed by atoms with van der Waals surface area (Å²) in [5.74, 6) is 0. The Morgan fingerprint density at radius 1 is 1.42 bits per heavy atom. The van der Waals surface area contributed by atoms with Gasteiger partial charge in [-0.3, -0.25) is 0 Å². The minimum Gasteiger partial charge on any atom is -0.396 e. The van der Waals surface area contributed by atoms with Crippen LogP contribution in [0.4, 0.5) is 0 Å². The van der Waals surface area contributed by atoms with Gasteiger partial charge in [-0.1, -0.05) is 0 Å². The third-order valence-corrected chi connectivity index (χ3v) is 2.18. The SMILES string of the molecule is OCCCCOCC1CCCN1. The van der Waals surface area contributed by atoms with Gasteiger partial charge in [0, 0.05) is 19.3 Å². The molecule has 1 heterocycles. The number of ether oxygens (including phenoxy) is 1. The van der Waals surface area contributed by atoms with Crippen LogP contribution in [0, 0.1) is 0 Å². The van der Waals surface area contributed by atoms with Gasteiger partial charge >= 0.3 is 0 Å². The van der Waals surface area contributed by atoms with Gasteiger partial charge in [-0.25, -0.2) is 0 Å². The number of nitrogens with one attached hydrogen (secondary N) is 1. The van der Waals surface area contributed by atoms with E-state index in [1.165, 1.54) is 12.8 Å². The van der Waals surface area contributed by atoms with E-state index in [1.54, 1.807) is 0 Å². The maximum atomic E-state index is 8.51. The lowest BCUT2D eigenvalue weighted by atomic mass is 10.2. The van der Waals surface area contributed by atoms with Crippen LogP contribution < -0.4 is 5.32 Å². The summed E-state index contributed by atoms with van der Waals surface area (Å²) >= 11 is 0. The van der Waals surface area contributed by atoms with Crippen LogP contribution in [0.2, 0.25) is 0 Å². The molecule has 0 aliphatic carbocycles. The van der Waals surface area contributed by atoms with Crippen molar-refractivity contribution >= 4 is 0 Å². The molecule has 2 N–H and O–H groups in total. The predicted octanol–water partition coefficient (Wildman–Crippen LogP) is 0.527. The van der Waals surface area contributed by atoms with Crippen molar-refractivity contribution in [1.82, 2.24) is 5.32 Å². The van der Waals surface area contributed by atoms with Crippen molar-refractivity contribution in [2.24, 2.45) is 0 Å². The highest BCUT2D eigenvalue weighted by Crippen LogP contribution is 2.04. The molecule has 0 aromatic carbocycles. The number of unbranched alkanes of at least 4 members (excludes halogenated alkanes) is 1. The molecule has 1 rings (SSSR count). The van der Waals surface area contributed by atoms with Crippen molar-refractivity contribution < 1.29 is 9.84 Å². The highest BCUT2D eigenvalue weighted by molar-refractivity contribution is 4.73. The average molecular weight is 173 g/mol. The van der Waals surface area contributed by atoms with E-state index in [1.807, 2.05) is 0 Å². The summed E-state index contributed by atoms with van der Waals surface area (Å²) in [5.41, 5.74) is 0. The molecule has 72 valence electrons. The van der Waals surface area contributed by atoms with Gasteiger partial charge in [0.1, 0.15) is 0 Å². The molecule has 1 aliphatic heterocycles. The monoisotopic (exact) mass is 173 g/mol. The lowest BCUT2D eigenvalue weighted by molar-refractivity contribution is 0.109. The van der Waals surface area contributed by atoms with Crippen LogP contribution in [0.25, 0.3) is 0 Å². The molecule has 0 aromatic rings. The van der Waals surface area contributed by atoms with Crippen LogP contribution in [0.15, 0.2) is 0 Å². The molecule has 0 bridgehead atoms. The first kappa shape index (κ1) is 9.96. The Hall–Kier alpha value is -0.120. The van der Waals surface area contributed by atoms with Crippen molar-refractivity contribution in [2.75, 3.05) is 26.4 Å². The number of aliphatic hydroxyl groups is 1. The molecule has 1 unspecified atom stereocenters. The zero-order valence-electron chi connectivity index (χ0n) is 7.59. The molecule has 12 heavy (non-hydrogen) atoms. The molecule has 1 saturated heterocycles.